The molecule has 32 heavy (non-hydrogen) atoms. The van der Waals surface area contributed by atoms with Crippen molar-refractivity contribution in [3.63, 3.8) is 0 Å². The normalized spacial score (nSPS) is 13.2. The maximum atomic E-state index is 12.6. The smallest absolute Gasteiger partial charge is 0.326 e. The number of hydrogen-bond acceptors (Lipinski definition) is 8. The Morgan fingerprint density at radius 2 is 1.53 bits per heavy atom. The number of thioether (sulfide) groups is 1. The first kappa shape index (κ1) is 28.9. The summed E-state index contributed by atoms with van der Waals surface area (Å²) in [5.41, 5.74) is 20.8. The van der Waals surface area contributed by atoms with Gasteiger partial charge in [-0.15, -0.1) is 0 Å². The van der Waals surface area contributed by atoms with Crippen LogP contribution < -0.4 is 38.9 Å². The summed E-state index contributed by atoms with van der Waals surface area (Å²) in [6, 6.07) is -3.75. The lowest BCUT2D eigenvalue weighted by molar-refractivity contribution is -0.142. The third-order valence-electron chi connectivity index (χ3n) is 4.05. The number of hydrogen-bond donors (Lipinski definition) is 8. The Kier molecular flexibility index (Phi) is 14.2. The number of amides is 4. The predicted molar refractivity (Wildman–Crippen MR) is 119 cm³/mol. The van der Waals surface area contributed by atoms with Crippen molar-refractivity contribution in [2.75, 3.05) is 25.1 Å². The zero-order chi connectivity index (χ0) is 24.7. The van der Waals surface area contributed by atoms with Crippen LogP contribution in [0.25, 0.3) is 0 Å². The molecule has 182 valence electrons. The summed E-state index contributed by atoms with van der Waals surface area (Å²) in [5, 5.41) is 16.4. The molecule has 0 heterocycles. The first-order chi connectivity index (χ1) is 15.0. The third kappa shape index (κ3) is 12.6. The van der Waals surface area contributed by atoms with Gasteiger partial charge in [-0.2, -0.15) is 11.8 Å². The minimum Gasteiger partial charge on any atom is -0.480 e. The molecule has 0 fully saturated rings. The third-order valence-corrected chi connectivity index (χ3v) is 4.69. The quantitative estimate of drug-likeness (QED) is 0.0611. The number of guanidine groups is 1. The Morgan fingerprint density at radius 3 is 2.03 bits per heavy atom. The number of rotatable bonds is 16. The van der Waals surface area contributed by atoms with Crippen molar-refractivity contribution >= 4 is 47.3 Å². The number of nitrogens with two attached hydrogens (primary N) is 4. The minimum absolute atomic E-state index is 0.00199. The van der Waals surface area contributed by atoms with Crippen molar-refractivity contribution in [2.45, 2.75) is 43.8 Å². The molecule has 4 amide bonds. The van der Waals surface area contributed by atoms with Gasteiger partial charge in [0, 0.05) is 6.54 Å². The van der Waals surface area contributed by atoms with Gasteiger partial charge in [0.25, 0.3) is 0 Å². The lowest BCUT2D eigenvalue weighted by Crippen LogP contribution is -2.57. The van der Waals surface area contributed by atoms with Crippen LogP contribution in [0.4, 0.5) is 0 Å². The summed E-state index contributed by atoms with van der Waals surface area (Å²) in [5.74, 6) is -4.07. The van der Waals surface area contributed by atoms with Gasteiger partial charge in [0.05, 0.1) is 13.0 Å². The average molecular weight is 477 g/mol. The van der Waals surface area contributed by atoms with E-state index >= 15 is 0 Å². The molecule has 0 saturated heterocycles. The highest BCUT2D eigenvalue weighted by Gasteiger charge is 2.30. The maximum absolute atomic E-state index is 12.6. The fourth-order valence-corrected chi connectivity index (χ4v) is 2.95. The van der Waals surface area contributed by atoms with Crippen molar-refractivity contribution in [3.05, 3.63) is 0 Å². The molecular formula is C17H32N8O6S. The van der Waals surface area contributed by atoms with Crippen molar-refractivity contribution in [1.82, 2.24) is 16.0 Å². The van der Waals surface area contributed by atoms with Crippen LogP contribution in [0.2, 0.25) is 0 Å². The zero-order valence-corrected chi connectivity index (χ0v) is 18.7. The van der Waals surface area contributed by atoms with E-state index in [0.29, 0.717) is 5.75 Å². The first-order valence-corrected chi connectivity index (χ1v) is 11.1. The Balaban J connectivity index is 5.28. The summed E-state index contributed by atoms with van der Waals surface area (Å²) >= 11 is 1.43. The van der Waals surface area contributed by atoms with Gasteiger partial charge < -0.3 is 44.0 Å². The largest absolute Gasteiger partial charge is 0.480 e. The van der Waals surface area contributed by atoms with Crippen LogP contribution in [0.1, 0.15) is 25.7 Å². The number of nitrogens with zero attached hydrogens (tertiary/aromatic N) is 1. The van der Waals surface area contributed by atoms with Gasteiger partial charge in [0.2, 0.25) is 23.6 Å². The number of aliphatic carboxylic acids is 1. The monoisotopic (exact) mass is 476 g/mol. The van der Waals surface area contributed by atoms with Gasteiger partial charge in [0.15, 0.2) is 5.96 Å². The molecule has 0 rings (SSSR count). The number of nitrogens with one attached hydrogen (secondary N) is 3. The predicted octanol–water partition coefficient (Wildman–Crippen LogP) is -3.83. The van der Waals surface area contributed by atoms with Crippen molar-refractivity contribution in [2.24, 2.45) is 27.9 Å². The highest BCUT2D eigenvalue weighted by atomic mass is 32.2. The van der Waals surface area contributed by atoms with E-state index < -0.39 is 54.1 Å². The second kappa shape index (κ2) is 15.7. The molecule has 0 aromatic heterocycles. The lowest BCUT2D eigenvalue weighted by Gasteiger charge is -2.23. The average Bonchev–Trinajstić information content (AvgIpc) is 2.71. The van der Waals surface area contributed by atoms with Crippen LogP contribution in [-0.4, -0.2) is 83.9 Å². The van der Waals surface area contributed by atoms with E-state index in [-0.39, 0.29) is 38.3 Å². The molecule has 0 aliphatic rings. The van der Waals surface area contributed by atoms with E-state index in [4.69, 9.17) is 22.9 Å². The molecule has 12 N–H and O–H groups in total. The molecule has 0 radical (unpaired) electrons. The van der Waals surface area contributed by atoms with Gasteiger partial charge in [0.1, 0.15) is 18.1 Å². The summed E-state index contributed by atoms with van der Waals surface area (Å²) in [4.78, 5) is 63.4. The van der Waals surface area contributed by atoms with Crippen molar-refractivity contribution in [1.29, 1.82) is 0 Å². The minimum atomic E-state index is -1.44. The van der Waals surface area contributed by atoms with Gasteiger partial charge in [-0.05, 0) is 31.3 Å². The van der Waals surface area contributed by atoms with Gasteiger partial charge in [-0.3, -0.25) is 24.2 Å². The molecule has 0 aliphatic heterocycles. The van der Waals surface area contributed by atoms with E-state index in [2.05, 4.69) is 20.9 Å². The Hall–Kier alpha value is -3.07. The number of carboxylic acids is 1. The topological polar surface area (TPSA) is 258 Å². The van der Waals surface area contributed by atoms with Crippen LogP contribution >= 0.6 is 11.8 Å². The highest BCUT2D eigenvalue weighted by Crippen LogP contribution is 2.04. The second-order valence-electron chi connectivity index (χ2n) is 6.69. The van der Waals surface area contributed by atoms with Crippen LogP contribution in [0, 0.1) is 0 Å². The molecule has 3 atom stereocenters. The van der Waals surface area contributed by atoms with E-state index in [1.807, 2.05) is 6.26 Å². The summed E-state index contributed by atoms with van der Waals surface area (Å²) < 4.78 is 0. The van der Waals surface area contributed by atoms with Crippen LogP contribution in [0.5, 0.6) is 0 Å². The molecular weight excluding hydrogens is 444 g/mol. The fourth-order valence-electron chi connectivity index (χ4n) is 2.47. The summed E-state index contributed by atoms with van der Waals surface area (Å²) in [6.45, 7) is -0.185. The maximum Gasteiger partial charge on any atom is 0.326 e. The molecule has 3 unspecified atom stereocenters. The van der Waals surface area contributed by atoms with E-state index in [1.165, 1.54) is 11.8 Å². The van der Waals surface area contributed by atoms with E-state index in [1.54, 1.807) is 0 Å². The molecule has 0 bridgehead atoms. The summed E-state index contributed by atoms with van der Waals surface area (Å²) in [7, 11) is 0. The van der Waals surface area contributed by atoms with Crippen LogP contribution in [0.15, 0.2) is 4.99 Å². The molecule has 0 saturated carbocycles. The number of carbonyl (C=O) groups excluding carboxylic acids is 4. The molecule has 15 heteroatoms. The fraction of sp³-hybridized carbons (Fsp3) is 0.647. The Bertz CT molecular complexity index is 701. The molecule has 0 aromatic carbocycles. The highest BCUT2D eigenvalue weighted by molar-refractivity contribution is 7.98. The SMILES string of the molecule is CSCCC(NC(=O)CN)C(=O)NC(CC(N)=O)C(=O)NC(CCCN=C(N)N)C(=O)O. The number of aliphatic imine (C=N–C) groups is 1. The molecule has 0 aliphatic carbocycles. The second-order valence-corrected chi connectivity index (χ2v) is 7.67. The Morgan fingerprint density at radius 1 is 0.938 bits per heavy atom. The standard InChI is InChI=1S/C17H32N8O6S/c1-32-6-4-9(23-13(27)8-18)14(28)25-11(7-12(19)26)15(29)24-10(16(30)31)3-2-5-22-17(20)21/h9-11H,2-8,18H2,1H3,(H2,19,26)(H,23,27)(H,24,29)(H,25,28)(H,30,31)(H4,20,21,22). The lowest BCUT2D eigenvalue weighted by atomic mass is 10.1. The van der Waals surface area contributed by atoms with Crippen LogP contribution in [-0.2, 0) is 24.0 Å². The molecule has 0 aromatic rings. The summed E-state index contributed by atoms with van der Waals surface area (Å²) in [6.07, 6.45) is 1.73. The number of carbonyl (C=O) groups is 5. The van der Waals surface area contributed by atoms with Crippen molar-refractivity contribution in [3.8, 4) is 0 Å². The molecule has 0 spiro atoms. The zero-order valence-electron chi connectivity index (χ0n) is 17.8. The van der Waals surface area contributed by atoms with E-state index in [9.17, 15) is 29.1 Å². The molecule has 14 nitrogen and oxygen atoms in total. The number of carboxylic acid groups (broad SMARTS) is 1. The van der Waals surface area contributed by atoms with Gasteiger partial charge >= 0.3 is 5.97 Å². The van der Waals surface area contributed by atoms with E-state index in [0.717, 1.165) is 0 Å². The van der Waals surface area contributed by atoms with Gasteiger partial charge in [-0.25, -0.2) is 4.79 Å². The van der Waals surface area contributed by atoms with Gasteiger partial charge in [-0.1, -0.05) is 0 Å². The first-order valence-electron chi connectivity index (χ1n) is 9.67. The number of primary amides is 1. The van der Waals surface area contributed by atoms with Crippen molar-refractivity contribution < 1.29 is 29.1 Å². The van der Waals surface area contributed by atoms with Crippen LogP contribution in [0.3, 0.4) is 0 Å². The Labute approximate surface area is 189 Å².